The van der Waals surface area contributed by atoms with Crippen molar-refractivity contribution in [2.24, 2.45) is 11.1 Å². The lowest BCUT2D eigenvalue weighted by molar-refractivity contribution is -0.122. The predicted molar refractivity (Wildman–Crippen MR) is 57.1 cm³/mol. The van der Waals surface area contributed by atoms with E-state index in [1.807, 2.05) is 6.92 Å². The molecule has 3 N–H and O–H groups in total. The molecule has 0 bridgehead atoms. The first-order valence-corrected chi connectivity index (χ1v) is 5.55. The number of ether oxygens (including phenoxy) is 1. The van der Waals surface area contributed by atoms with Gasteiger partial charge in [-0.15, -0.1) is 0 Å². The lowest BCUT2D eigenvalue weighted by Gasteiger charge is -2.43. The molecule has 0 heterocycles. The van der Waals surface area contributed by atoms with Gasteiger partial charge < -0.3 is 15.6 Å². The van der Waals surface area contributed by atoms with Gasteiger partial charge in [-0.2, -0.15) is 0 Å². The van der Waals surface area contributed by atoms with Gasteiger partial charge in [-0.05, 0) is 19.3 Å². The molecule has 1 aliphatic carbocycles. The molecule has 1 rings (SSSR count). The topological polar surface area (TPSA) is 55.5 Å². The van der Waals surface area contributed by atoms with Crippen LogP contribution in [-0.4, -0.2) is 31.0 Å². The van der Waals surface area contributed by atoms with Gasteiger partial charge in [-0.3, -0.25) is 0 Å². The molecule has 0 aromatic carbocycles. The summed E-state index contributed by atoms with van der Waals surface area (Å²) in [7, 11) is 1.64. The molecule has 0 amide bonds. The van der Waals surface area contributed by atoms with E-state index in [9.17, 15) is 5.11 Å². The molecule has 1 saturated carbocycles. The summed E-state index contributed by atoms with van der Waals surface area (Å²) in [6, 6.07) is 0. The minimum absolute atomic E-state index is 0.0994. The number of hydrogen-bond donors (Lipinski definition) is 2. The average Bonchev–Trinajstić information content (AvgIpc) is 2.68. The Morgan fingerprint density at radius 1 is 1.43 bits per heavy atom. The van der Waals surface area contributed by atoms with E-state index in [0.717, 1.165) is 19.3 Å². The van der Waals surface area contributed by atoms with Crippen molar-refractivity contribution in [2.45, 2.75) is 44.6 Å². The van der Waals surface area contributed by atoms with Crippen LogP contribution in [0.4, 0.5) is 0 Å². The standard InChI is InChI=1S/C11H23NO2/c1-3-11(13,9-14-2)10(8-12)6-4-5-7-10/h13H,3-9,12H2,1-2H3. The number of methoxy groups -OCH3 is 1. The average molecular weight is 201 g/mol. The van der Waals surface area contributed by atoms with E-state index in [1.165, 1.54) is 12.8 Å². The summed E-state index contributed by atoms with van der Waals surface area (Å²) in [5, 5.41) is 10.6. The summed E-state index contributed by atoms with van der Waals surface area (Å²) >= 11 is 0. The van der Waals surface area contributed by atoms with Crippen LogP contribution >= 0.6 is 0 Å². The second kappa shape index (κ2) is 4.60. The molecular formula is C11H23NO2. The third kappa shape index (κ3) is 1.81. The number of hydrogen-bond acceptors (Lipinski definition) is 3. The molecule has 1 aliphatic rings. The van der Waals surface area contributed by atoms with Crippen molar-refractivity contribution >= 4 is 0 Å². The molecule has 14 heavy (non-hydrogen) atoms. The van der Waals surface area contributed by atoms with Crippen LogP contribution in [0, 0.1) is 5.41 Å². The second-order valence-electron chi connectivity index (χ2n) is 4.51. The Labute approximate surface area is 86.6 Å². The van der Waals surface area contributed by atoms with Crippen LogP contribution in [0.25, 0.3) is 0 Å². The first-order chi connectivity index (χ1) is 6.64. The minimum Gasteiger partial charge on any atom is -0.387 e. The number of aliphatic hydroxyl groups is 1. The molecule has 1 unspecified atom stereocenters. The van der Waals surface area contributed by atoms with Gasteiger partial charge in [0.2, 0.25) is 0 Å². The summed E-state index contributed by atoms with van der Waals surface area (Å²) in [5.41, 5.74) is 5.02. The van der Waals surface area contributed by atoms with Crippen LogP contribution in [0.15, 0.2) is 0 Å². The van der Waals surface area contributed by atoms with E-state index in [-0.39, 0.29) is 5.41 Å². The van der Waals surface area contributed by atoms with Crippen molar-refractivity contribution in [3.8, 4) is 0 Å². The third-order valence-electron chi connectivity index (χ3n) is 3.91. The monoisotopic (exact) mass is 201 g/mol. The lowest BCUT2D eigenvalue weighted by atomic mass is 9.69. The van der Waals surface area contributed by atoms with Crippen molar-refractivity contribution in [3.63, 3.8) is 0 Å². The predicted octanol–water partition coefficient (Wildman–Crippen LogP) is 1.29. The van der Waals surface area contributed by atoms with Crippen LogP contribution in [0.5, 0.6) is 0 Å². The van der Waals surface area contributed by atoms with E-state index >= 15 is 0 Å². The zero-order valence-corrected chi connectivity index (χ0v) is 9.38. The first-order valence-electron chi connectivity index (χ1n) is 5.55. The molecule has 0 aromatic rings. The zero-order chi connectivity index (χ0) is 10.7. The Balaban J connectivity index is 2.82. The number of rotatable bonds is 5. The molecule has 0 saturated heterocycles. The minimum atomic E-state index is -0.729. The van der Waals surface area contributed by atoms with E-state index in [0.29, 0.717) is 13.2 Å². The molecule has 1 fully saturated rings. The third-order valence-corrected chi connectivity index (χ3v) is 3.91. The molecule has 84 valence electrons. The Kier molecular flexibility index (Phi) is 3.93. The molecule has 3 heteroatoms. The molecule has 0 radical (unpaired) electrons. The van der Waals surface area contributed by atoms with Gasteiger partial charge in [-0.25, -0.2) is 0 Å². The van der Waals surface area contributed by atoms with E-state index < -0.39 is 5.60 Å². The highest BCUT2D eigenvalue weighted by molar-refractivity contribution is 5.01. The van der Waals surface area contributed by atoms with Gasteiger partial charge in [0, 0.05) is 19.1 Å². The van der Waals surface area contributed by atoms with Gasteiger partial charge >= 0.3 is 0 Å². The zero-order valence-electron chi connectivity index (χ0n) is 9.38. The fourth-order valence-electron chi connectivity index (χ4n) is 2.78. The molecule has 0 aromatic heterocycles. The van der Waals surface area contributed by atoms with Crippen LogP contribution in [0.1, 0.15) is 39.0 Å². The normalized spacial score (nSPS) is 24.9. The highest BCUT2D eigenvalue weighted by Gasteiger charge is 2.49. The SMILES string of the molecule is CCC(O)(COC)C1(CN)CCCC1. The lowest BCUT2D eigenvalue weighted by Crippen LogP contribution is -2.53. The van der Waals surface area contributed by atoms with Crippen molar-refractivity contribution in [1.82, 2.24) is 0 Å². The molecular weight excluding hydrogens is 178 g/mol. The summed E-state index contributed by atoms with van der Waals surface area (Å²) < 4.78 is 5.13. The van der Waals surface area contributed by atoms with Crippen molar-refractivity contribution < 1.29 is 9.84 Å². The van der Waals surface area contributed by atoms with E-state index in [4.69, 9.17) is 10.5 Å². The largest absolute Gasteiger partial charge is 0.387 e. The highest BCUT2D eigenvalue weighted by atomic mass is 16.5. The van der Waals surface area contributed by atoms with Crippen LogP contribution in [0.3, 0.4) is 0 Å². The highest BCUT2D eigenvalue weighted by Crippen LogP contribution is 2.47. The summed E-state index contributed by atoms with van der Waals surface area (Å²) in [5.74, 6) is 0. The van der Waals surface area contributed by atoms with Crippen molar-refractivity contribution in [3.05, 3.63) is 0 Å². The van der Waals surface area contributed by atoms with Gasteiger partial charge in [0.05, 0.1) is 12.2 Å². The second-order valence-corrected chi connectivity index (χ2v) is 4.51. The smallest absolute Gasteiger partial charge is 0.0945 e. The Morgan fingerprint density at radius 2 is 2.00 bits per heavy atom. The summed E-state index contributed by atoms with van der Waals surface area (Å²) in [4.78, 5) is 0. The molecule has 3 nitrogen and oxygen atoms in total. The summed E-state index contributed by atoms with van der Waals surface area (Å²) in [6.07, 6.45) is 5.17. The quantitative estimate of drug-likeness (QED) is 0.705. The molecule has 0 aliphatic heterocycles. The Hall–Kier alpha value is -0.120. The van der Waals surface area contributed by atoms with E-state index in [2.05, 4.69) is 0 Å². The fraction of sp³-hybridized carbons (Fsp3) is 1.00. The molecule has 1 atom stereocenters. The Bertz CT molecular complexity index is 178. The van der Waals surface area contributed by atoms with Gasteiger partial charge in [0.15, 0.2) is 0 Å². The maximum absolute atomic E-state index is 10.6. The fourth-order valence-corrected chi connectivity index (χ4v) is 2.78. The van der Waals surface area contributed by atoms with Gasteiger partial charge in [-0.1, -0.05) is 19.8 Å². The molecule has 0 spiro atoms. The maximum Gasteiger partial charge on any atom is 0.0945 e. The van der Waals surface area contributed by atoms with Crippen LogP contribution in [-0.2, 0) is 4.74 Å². The Morgan fingerprint density at radius 3 is 2.36 bits per heavy atom. The van der Waals surface area contributed by atoms with Gasteiger partial charge in [0.25, 0.3) is 0 Å². The van der Waals surface area contributed by atoms with Crippen LogP contribution < -0.4 is 5.73 Å². The van der Waals surface area contributed by atoms with Crippen molar-refractivity contribution in [1.29, 1.82) is 0 Å². The summed E-state index contributed by atoms with van der Waals surface area (Å²) in [6.45, 7) is 2.98. The maximum atomic E-state index is 10.6. The van der Waals surface area contributed by atoms with Gasteiger partial charge in [0.1, 0.15) is 0 Å². The van der Waals surface area contributed by atoms with Crippen molar-refractivity contribution in [2.75, 3.05) is 20.3 Å². The van der Waals surface area contributed by atoms with Crippen LogP contribution in [0.2, 0.25) is 0 Å². The van der Waals surface area contributed by atoms with E-state index in [1.54, 1.807) is 7.11 Å². The number of nitrogens with two attached hydrogens (primary N) is 1. The first kappa shape index (κ1) is 12.0.